The number of pyridine rings is 2. The molecule has 12 nitrogen and oxygen atoms in total. The molecule has 0 fully saturated rings. The van der Waals surface area contributed by atoms with E-state index in [1.54, 1.807) is 72.1 Å². The first-order valence-corrected chi connectivity index (χ1v) is 30.0. The average molecular weight is 1070 g/mol. The minimum absolute atomic E-state index is 0.0368. The van der Waals surface area contributed by atoms with Crippen LogP contribution in [0.1, 0.15) is 151 Å². The van der Waals surface area contributed by atoms with Crippen LogP contribution in [-0.4, -0.2) is 93.3 Å². The number of ketones is 4. The molecule has 6 aromatic rings. The molecule has 4 N–H and O–H groups in total. The van der Waals surface area contributed by atoms with Gasteiger partial charge in [0.05, 0.1) is 50.4 Å². The Balaban J connectivity index is 1.02. The number of carbonyl (C=O) groups is 6. The Labute approximate surface area is 448 Å². The number of carbonyl (C=O) groups excluding carboxylic acids is 4. The fourth-order valence-corrected chi connectivity index (χ4v) is 12.7. The second kappa shape index (κ2) is 27.2. The van der Waals surface area contributed by atoms with Crippen molar-refractivity contribution < 1.29 is 39.0 Å². The number of rotatable bonds is 29. The molecule has 16 heteroatoms. The van der Waals surface area contributed by atoms with Crippen LogP contribution in [0, 0.1) is 0 Å². The number of fused-ring (bicyclic) bond motifs is 3. The highest BCUT2D eigenvalue weighted by molar-refractivity contribution is 8.13. The van der Waals surface area contributed by atoms with Gasteiger partial charge in [-0.1, -0.05) is 132 Å². The van der Waals surface area contributed by atoms with E-state index in [-0.39, 0.29) is 27.6 Å². The van der Waals surface area contributed by atoms with Crippen LogP contribution in [0.25, 0.3) is 44.7 Å². The van der Waals surface area contributed by atoms with Gasteiger partial charge in [-0.3, -0.25) is 33.9 Å². The van der Waals surface area contributed by atoms with Crippen LogP contribution in [0.15, 0.2) is 95.0 Å². The number of aromatic amines is 2. The molecule has 0 bridgehead atoms. The molecule has 0 unspecified atom stereocenters. The first-order chi connectivity index (χ1) is 36.1. The van der Waals surface area contributed by atoms with Crippen molar-refractivity contribution >= 4 is 103 Å². The summed E-state index contributed by atoms with van der Waals surface area (Å²) in [6, 6.07) is 21.3. The molecule has 8 rings (SSSR count). The number of aliphatic carboxylic acids is 1. The zero-order valence-electron chi connectivity index (χ0n) is 41.5. The summed E-state index contributed by atoms with van der Waals surface area (Å²) in [7, 11) is 0. The Hall–Kier alpha value is -5.68. The van der Waals surface area contributed by atoms with Crippen LogP contribution in [0.3, 0.4) is 0 Å². The Kier molecular flexibility index (Phi) is 20.1. The van der Waals surface area contributed by atoms with Crippen LogP contribution < -0.4 is 10.7 Å². The van der Waals surface area contributed by atoms with Crippen molar-refractivity contribution in [1.29, 1.82) is 0 Å². The van der Waals surface area contributed by atoms with Gasteiger partial charge >= 0.3 is 11.3 Å². The van der Waals surface area contributed by atoms with E-state index in [1.807, 2.05) is 36.7 Å². The second-order valence-corrected chi connectivity index (χ2v) is 23.2. The molecule has 0 radical (unpaired) electrons. The molecule has 0 amide bonds. The highest BCUT2D eigenvalue weighted by atomic mass is 32.2. The molecule has 386 valence electrons. The van der Waals surface area contributed by atoms with Gasteiger partial charge in [0.1, 0.15) is 0 Å². The van der Waals surface area contributed by atoms with Crippen LogP contribution in [0.2, 0.25) is 0 Å². The first-order valence-electron chi connectivity index (χ1n) is 25.8. The lowest BCUT2D eigenvalue weighted by Gasteiger charge is -2.05. The zero-order chi connectivity index (χ0) is 51.8. The van der Waals surface area contributed by atoms with Crippen molar-refractivity contribution in [1.82, 2.24) is 19.9 Å². The maximum absolute atomic E-state index is 14.3. The number of nitrogens with one attached hydrogen (secondary N) is 2. The van der Waals surface area contributed by atoms with Gasteiger partial charge in [0.15, 0.2) is 23.1 Å². The normalized spacial score (nSPS) is 13.2. The maximum atomic E-state index is 14.3. The van der Waals surface area contributed by atoms with Crippen molar-refractivity contribution in [2.45, 2.75) is 119 Å². The number of hydrogen-bond donors (Lipinski definition) is 4. The number of carboxylic acid groups (broad SMARTS) is 2. The third-order valence-electron chi connectivity index (χ3n) is 13.4. The van der Waals surface area contributed by atoms with Gasteiger partial charge in [-0.15, -0.1) is 23.5 Å². The average Bonchev–Trinajstić information content (AvgIpc) is 4.12. The summed E-state index contributed by atoms with van der Waals surface area (Å²) < 4.78 is 0. The molecule has 2 aliphatic rings. The molecule has 2 aliphatic carbocycles. The Morgan fingerprint density at radius 2 is 0.797 bits per heavy atom. The van der Waals surface area contributed by atoms with E-state index in [1.165, 1.54) is 63.1 Å². The third kappa shape index (κ3) is 13.6. The molecule has 4 aromatic heterocycles. The van der Waals surface area contributed by atoms with Gasteiger partial charge < -0.3 is 20.2 Å². The van der Waals surface area contributed by atoms with Crippen molar-refractivity contribution in [2.75, 3.05) is 28.8 Å². The lowest BCUT2D eigenvalue weighted by molar-refractivity contribution is -0.133. The molecule has 0 saturated carbocycles. The topological polar surface area (TPSA) is 200 Å². The number of aromatic nitrogens is 4. The van der Waals surface area contributed by atoms with E-state index >= 15 is 0 Å². The third-order valence-corrected chi connectivity index (χ3v) is 17.3. The number of carboxylic acids is 1. The van der Waals surface area contributed by atoms with E-state index in [2.05, 4.69) is 9.97 Å². The number of H-pyrrole nitrogens is 2. The molecule has 4 heterocycles. The molecular formula is C58H62N4O8S4. The molecular weight excluding hydrogens is 1010 g/mol. The summed E-state index contributed by atoms with van der Waals surface area (Å²) in [5.74, 6) is 1.18. The maximum Gasteiger partial charge on any atom is 0.364 e. The van der Waals surface area contributed by atoms with Gasteiger partial charge in [-0.2, -0.15) is 11.8 Å². The van der Waals surface area contributed by atoms with Crippen LogP contribution >= 0.6 is 47.0 Å². The van der Waals surface area contributed by atoms with Crippen LogP contribution in [-0.2, 0) is 4.79 Å². The zero-order valence-corrected chi connectivity index (χ0v) is 44.8. The van der Waals surface area contributed by atoms with Crippen molar-refractivity contribution in [2.24, 2.45) is 0 Å². The standard InChI is InChI=1S/C58H62N4O8S4/c63-45(64)36-71-30-18-10-6-4-5-8-12-20-32-73-38-27-29-44(60-35-38)51-47-46(52(62-51)48-54(65)39-22-14-15-23-40(39)55(48)66)50(61-53(47)49-56(67)41-24-16-17-25-42(41)57(49)68)43-28-26-37(34-59-43)72-31-19-11-7-2-1-3-9-13-21-33-74-58(69)70/h14-17,22-29,34-35,61-62H,1-13,18-21,30-33,36H2,(H,63,64)(H,69,70). The van der Waals surface area contributed by atoms with Gasteiger partial charge in [0, 0.05) is 61.0 Å². The Bertz CT molecular complexity index is 2840. The molecule has 2 aromatic carbocycles. The summed E-state index contributed by atoms with van der Waals surface area (Å²) in [6.07, 6.45) is 22.8. The van der Waals surface area contributed by atoms with Crippen LogP contribution in [0.5, 0.6) is 0 Å². The van der Waals surface area contributed by atoms with Crippen molar-refractivity contribution in [3.63, 3.8) is 0 Å². The number of unbranched alkanes of at least 4 members (excludes halogenated alkanes) is 15. The predicted octanol–water partition coefficient (Wildman–Crippen LogP) is 13.1. The Morgan fingerprint density at radius 1 is 0.446 bits per heavy atom. The quantitative estimate of drug-likeness (QED) is 0.0255. The summed E-state index contributed by atoms with van der Waals surface area (Å²) in [5, 5.41) is 18.2. The van der Waals surface area contributed by atoms with Gasteiger partial charge in [0.25, 0.3) is 0 Å². The summed E-state index contributed by atoms with van der Waals surface area (Å²) >= 11 is 5.92. The summed E-state index contributed by atoms with van der Waals surface area (Å²) in [5.41, 5.74) is 3.08. The molecule has 0 aliphatic heterocycles. The lowest BCUT2D eigenvalue weighted by Crippen LogP contribution is -2.17. The van der Waals surface area contributed by atoms with E-state index in [9.17, 15) is 28.8 Å². The first kappa shape index (κ1) is 54.6. The van der Waals surface area contributed by atoms with Gasteiger partial charge in [-0.05, 0) is 79.0 Å². The van der Waals surface area contributed by atoms with Gasteiger partial charge in [0.2, 0.25) is 0 Å². The Morgan fingerprint density at radius 3 is 1.14 bits per heavy atom. The molecule has 74 heavy (non-hydrogen) atoms. The number of hydrogen-bond acceptors (Lipinski definition) is 12. The monoisotopic (exact) mass is 1070 g/mol. The van der Waals surface area contributed by atoms with Crippen LogP contribution in [0.4, 0.5) is 4.79 Å². The summed E-state index contributed by atoms with van der Waals surface area (Å²) in [4.78, 5) is 97.4. The molecule has 0 atom stereocenters. The highest BCUT2D eigenvalue weighted by Gasteiger charge is 2.38. The molecule has 0 spiro atoms. The minimum Gasteiger partial charge on any atom is -0.481 e. The fourth-order valence-electron chi connectivity index (χ4n) is 9.70. The van der Waals surface area contributed by atoms with E-state index in [4.69, 9.17) is 20.2 Å². The highest BCUT2D eigenvalue weighted by Crippen LogP contribution is 2.35. The second-order valence-electron chi connectivity index (χ2n) is 18.7. The number of benzene rings is 2. The molecule has 0 saturated heterocycles. The largest absolute Gasteiger partial charge is 0.481 e. The van der Waals surface area contributed by atoms with E-state index < -0.39 is 34.4 Å². The van der Waals surface area contributed by atoms with E-state index in [0.29, 0.717) is 61.6 Å². The number of thioether (sulfide) groups is 4. The van der Waals surface area contributed by atoms with Gasteiger partial charge in [-0.25, -0.2) is 4.79 Å². The lowest BCUT2D eigenvalue weighted by atomic mass is 10.0. The van der Waals surface area contributed by atoms with E-state index in [0.717, 1.165) is 96.6 Å². The van der Waals surface area contributed by atoms with Crippen molar-refractivity contribution in [3.05, 3.63) is 118 Å². The smallest absolute Gasteiger partial charge is 0.364 e. The number of Topliss-reactive ketones (excluding diaryl/α,β-unsaturated/α-hetero) is 4. The SMILES string of the molecule is O=C(O)CSCCCCCCCCCCSc1ccc(-c2[nH]c(=C3C(=O)c4ccccc4C3=O)c3c(-c4ccc(SCCCCCCCCCCCSC(=O)O)cn4)[nH]c(=C4C(=O)c5ccccc5C4=O)c23)nc1. The summed E-state index contributed by atoms with van der Waals surface area (Å²) in [6.45, 7) is 0. The van der Waals surface area contributed by atoms with Crippen molar-refractivity contribution in [3.8, 4) is 22.8 Å². The predicted molar refractivity (Wildman–Crippen MR) is 301 cm³/mol. The fraction of sp³-hybridized carbons (Fsp3) is 0.379. The minimum atomic E-state index is -0.801. The number of nitrogens with zero attached hydrogens (tertiary/aromatic N) is 2.